The summed E-state index contributed by atoms with van der Waals surface area (Å²) in [7, 11) is 3.18. The Bertz CT molecular complexity index is 830. The van der Waals surface area contributed by atoms with E-state index in [1.54, 1.807) is 14.2 Å². The maximum atomic E-state index is 12.7. The highest BCUT2D eigenvalue weighted by Crippen LogP contribution is 2.27. The van der Waals surface area contributed by atoms with Crippen LogP contribution in [0.3, 0.4) is 0 Å². The molecule has 29 heavy (non-hydrogen) atoms. The molecule has 1 saturated heterocycles. The summed E-state index contributed by atoms with van der Waals surface area (Å²) in [6.45, 7) is 3.68. The molecular weight excluding hydrogens is 368 g/mol. The Morgan fingerprint density at radius 1 is 0.897 bits per heavy atom. The molecule has 0 bridgehead atoms. The normalized spacial score (nSPS) is 14.5. The molecule has 1 heterocycles. The predicted octanol–water partition coefficient (Wildman–Crippen LogP) is 2.66. The Balaban J connectivity index is 1.45. The van der Waals surface area contributed by atoms with Gasteiger partial charge in [0.1, 0.15) is 0 Å². The molecule has 154 valence electrons. The van der Waals surface area contributed by atoms with Crippen molar-refractivity contribution in [3.8, 4) is 11.5 Å². The van der Waals surface area contributed by atoms with E-state index in [0.29, 0.717) is 37.4 Å². The first-order chi connectivity index (χ1) is 14.1. The molecule has 1 aliphatic rings. The summed E-state index contributed by atoms with van der Waals surface area (Å²) in [5.74, 6) is 1.56. The number of nitrogens with zero attached hydrogens (tertiary/aromatic N) is 2. The second-order valence-electron chi connectivity index (χ2n) is 7.13. The van der Waals surface area contributed by atoms with Crippen LogP contribution >= 0.6 is 0 Å². The van der Waals surface area contributed by atoms with Crippen LogP contribution in [0.4, 0.5) is 0 Å². The summed E-state index contributed by atoms with van der Waals surface area (Å²) >= 11 is 0. The highest BCUT2D eigenvalue weighted by Gasteiger charge is 2.22. The average Bonchev–Trinajstić information content (AvgIpc) is 2.78. The van der Waals surface area contributed by atoms with Gasteiger partial charge in [-0.15, -0.1) is 0 Å². The smallest absolute Gasteiger partial charge is 0.227 e. The van der Waals surface area contributed by atoms with Crippen molar-refractivity contribution in [1.82, 2.24) is 9.80 Å². The molecule has 0 aliphatic carbocycles. The number of ketones is 1. The first-order valence-corrected chi connectivity index (χ1v) is 9.90. The van der Waals surface area contributed by atoms with Gasteiger partial charge >= 0.3 is 0 Å². The lowest BCUT2D eigenvalue weighted by atomic mass is 10.1. The Hall–Kier alpha value is -2.86. The molecule has 6 nitrogen and oxygen atoms in total. The molecule has 0 radical (unpaired) electrons. The third-order valence-electron chi connectivity index (χ3n) is 5.28. The lowest BCUT2D eigenvalue weighted by Gasteiger charge is -2.34. The fraction of sp³-hybridized carbons (Fsp3) is 0.391. The highest BCUT2D eigenvalue weighted by molar-refractivity contribution is 5.96. The number of amides is 1. The number of hydrogen-bond acceptors (Lipinski definition) is 5. The number of Topliss-reactive ketones (excluding diaryl/α,β-unsaturated/α-hetero) is 1. The van der Waals surface area contributed by atoms with Gasteiger partial charge in [-0.3, -0.25) is 14.5 Å². The molecule has 0 atom stereocenters. The van der Waals surface area contributed by atoms with Gasteiger partial charge in [-0.1, -0.05) is 36.4 Å². The van der Waals surface area contributed by atoms with Crippen LogP contribution in [0, 0.1) is 0 Å². The van der Waals surface area contributed by atoms with E-state index in [0.717, 1.165) is 30.8 Å². The van der Waals surface area contributed by atoms with E-state index in [9.17, 15) is 9.59 Å². The zero-order valence-corrected chi connectivity index (χ0v) is 17.1. The molecule has 0 spiro atoms. The number of methoxy groups -OCH3 is 2. The molecule has 1 fully saturated rings. The standard InChI is InChI=1S/C23H28N2O4/c1-28-21-9-8-18(16-22(21)29-2)17-23(27)25-14-12-24(13-15-25)11-10-20(26)19-6-4-3-5-7-19/h3-9,16H,10-15,17H2,1-2H3. The quantitative estimate of drug-likeness (QED) is 0.642. The third kappa shape index (κ3) is 5.57. The van der Waals surface area contributed by atoms with Crippen LogP contribution in [-0.4, -0.2) is 68.4 Å². The first-order valence-electron chi connectivity index (χ1n) is 9.90. The van der Waals surface area contributed by atoms with E-state index in [-0.39, 0.29) is 11.7 Å². The summed E-state index contributed by atoms with van der Waals surface area (Å²) < 4.78 is 10.6. The summed E-state index contributed by atoms with van der Waals surface area (Å²) in [6, 6.07) is 15.0. The number of carbonyl (C=O) groups excluding carboxylic acids is 2. The van der Waals surface area contributed by atoms with Crippen LogP contribution in [0.15, 0.2) is 48.5 Å². The summed E-state index contributed by atoms with van der Waals surface area (Å²) in [5, 5.41) is 0. The van der Waals surface area contributed by atoms with Crippen molar-refractivity contribution in [3.63, 3.8) is 0 Å². The minimum Gasteiger partial charge on any atom is -0.493 e. The van der Waals surface area contributed by atoms with E-state index in [4.69, 9.17) is 9.47 Å². The monoisotopic (exact) mass is 396 g/mol. The van der Waals surface area contributed by atoms with E-state index in [1.165, 1.54) is 0 Å². The zero-order chi connectivity index (χ0) is 20.6. The minimum absolute atomic E-state index is 0.109. The molecule has 1 amide bonds. The predicted molar refractivity (Wildman–Crippen MR) is 112 cm³/mol. The number of hydrogen-bond donors (Lipinski definition) is 0. The second-order valence-corrected chi connectivity index (χ2v) is 7.13. The molecule has 3 rings (SSSR count). The molecule has 6 heteroatoms. The minimum atomic E-state index is 0.109. The largest absolute Gasteiger partial charge is 0.493 e. The van der Waals surface area contributed by atoms with Crippen LogP contribution in [0.25, 0.3) is 0 Å². The Morgan fingerprint density at radius 2 is 1.59 bits per heavy atom. The molecule has 0 N–H and O–H groups in total. The third-order valence-corrected chi connectivity index (χ3v) is 5.28. The maximum absolute atomic E-state index is 12.7. The SMILES string of the molecule is COc1ccc(CC(=O)N2CCN(CCC(=O)c3ccccc3)CC2)cc1OC. The van der Waals surface area contributed by atoms with Crippen molar-refractivity contribution in [2.24, 2.45) is 0 Å². The Labute approximate surface area is 172 Å². The van der Waals surface area contributed by atoms with Crippen LogP contribution in [0.5, 0.6) is 11.5 Å². The van der Waals surface area contributed by atoms with Crippen molar-refractivity contribution in [1.29, 1.82) is 0 Å². The van der Waals surface area contributed by atoms with E-state index < -0.39 is 0 Å². The fourth-order valence-corrected chi connectivity index (χ4v) is 3.53. The van der Waals surface area contributed by atoms with Crippen molar-refractivity contribution in [2.45, 2.75) is 12.8 Å². The molecule has 0 aromatic heterocycles. The first kappa shape index (κ1) is 20.9. The van der Waals surface area contributed by atoms with Gasteiger partial charge in [-0.25, -0.2) is 0 Å². The lowest BCUT2D eigenvalue weighted by molar-refractivity contribution is -0.132. The number of ether oxygens (including phenoxy) is 2. The van der Waals surface area contributed by atoms with Crippen molar-refractivity contribution >= 4 is 11.7 Å². The Kier molecular flexibility index (Phi) is 7.25. The summed E-state index contributed by atoms with van der Waals surface area (Å²) in [5.41, 5.74) is 1.67. The lowest BCUT2D eigenvalue weighted by Crippen LogP contribution is -2.49. The average molecular weight is 396 g/mol. The topological polar surface area (TPSA) is 59.1 Å². The number of rotatable bonds is 8. The number of carbonyl (C=O) groups is 2. The number of piperazine rings is 1. The van der Waals surface area contributed by atoms with Crippen LogP contribution in [0.2, 0.25) is 0 Å². The van der Waals surface area contributed by atoms with E-state index in [2.05, 4.69) is 4.90 Å². The van der Waals surface area contributed by atoms with Gasteiger partial charge in [0.05, 0.1) is 20.6 Å². The fourth-order valence-electron chi connectivity index (χ4n) is 3.53. The van der Waals surface area contributed by atoms with Gasteiger partial charge in [0, 0.05) is 44.7 Å². The van der Waals surface area contributed by atoms with Gasteiger partial charge in [0.2, 0.25) is 5.91 Å². The Morgan fingerprint density at radius 3 is 2.24 bits per heavy atom. The van der Waals surface area contributed by atoms with Crippen LogP contribution in [-0.2, 0) is 11.2 Å². The number of benzene rings is 2. The zero-order valence-electron chi connectivity index (χ0n) is 17.1. The van der Waals surface area contributed by atoms with Gasteiger partial charge in [-0.2, -0.15) is 0 Å². The van der Waals surface area contributed by atoms with Crippen molar-refractivity contribution < 1.29 is 19.1 Å². The molecule has 2 aromatic carbocycles. The maximum Gasteiger partial charge on any atom is 0.227 e. The van der Waals surface area contributed by atoms with Gasteiger partial charge in [0.25, 0.3) is 0 Å². The molecular formula is C23H28N2O4. The molecule has 0 saturated carbocycles. The van der Waals surface area contributed by atoms with Crippen molar-refractivity contribution in [2.75, 3.05) is 46.9 Å². The summed E-state index contributed by atoms with van der Waals surface area (Å²) in [4.78, 5) is 29.1. The van der Waals surface area contributed by atoms with Gasteiger partial charge in [0.15, 0.2) is 17.3 Å². The van der Waals surface area contributed by atoms with Gasteiger partial charge in [-0.05, 0) is 17.7 Å². The van der Waals surface area contributed by atoms with E-state index >= 15 is 0 Å². The van der Waals surface area contributed by atoms with Crippen molar-refractivity contribution in [3.05, 3.63) is 59.7 Å². The van der Waals surface area contributed by atoms with Crippen LogP contribution < -0.4 is 9.47 Å². The molecule has 0 unspecified atom stereocenters. The second kappa shape index (κ2) is 10.1. The van der Waals surface area contributed by atoms with Gasteiger partial charge < -0.3 is 14.4 Å². The summed E-state index contributed by atoms with van der Waals surface area (Å²) in [6.07, 6.45) is 0.844. The molecule has 2 aromatic rings. The highest BCUT2D eigenvalue weighted by atomic mass is 16.5. The van der Waals surface area contributed by atoms with E-state index in [1.807, 2.05) is 53.4 Å². The van der Waals surface area contributed by atoms with Crippen LogP contribution in [0.1, 0.15) is 22.3 Å². The molecule has 1 aliphatic heterocycles.